The molecule has 5 nitrogen and oxygen atoms in total. The molecule has 0 spiro atoms. The van der Waals surface area contributed by atoms with Crippen molar-refractivity contribution in [2.24, 2.45) is 5.92 Å². The molecule has 0 saturated carbocycles. The fraction of sp³-hybridized carbons (Fsp3) is 0.238. The lowest BCUT2D eigenvalue weighted by atomic mass is 9.79. The van der Waals surface area contributed by atoms with E-state index in [2.05, 4.69) is 11.9 Å². The maximum atomic E-state index is 13.0. The van der Waals surface area contributed by atoms with Crippen molar-refractivity contribution in [3.63, 3.8) is 0 Å². The summed E-state index contributed by atoms with van der Waals surface area (Å²) in [6.45, 7) is 5.66. The number of rotatable bonds is 4. The highest BCUT2D eigenvalue weighted by Gasteiger charge is 2.59. The van der Waals surface area contributed by atoms with E-state index in [1.165, 1.54) is 0 Å². The van der Waals surface area contributed by atoms with Crippen LogP contribution in [0.2, 0.25) is 0 Å². The Morgan fingerprint density at radius 2 is 2.00 bits per heavy atom. The van der Waals surface area contributed by atoms with Crippen LogP contribution in [0, 0.1) is 5.92 Å². The summed E-state index contributed by atoms with van der Waals surface area (Å²) < 4.78 is 11.8. The normalized spacial score (nSPS) is 25.7. The number of thiocarbonyl (C=S) groups is 1. The molecule has 2 heterocycles. The third-order valence-electron chi connectivity index (χ3n) is 5.02. The van der Waals surface area contributed by atoms with Crippen molar-refractivity contribution >= 4 is 29.0 Å². The van der Waals surface area contributed by atoms with Gasteiger partial charge in [0.25, 0.3) is 0 Å². The molecule has 6 heteroatoms. The summed E-state index contributed by atoms with van der Waals surface area (Å²) in [7, 11) is 0. The van der Waals surface area contributed by atoms with Crippen LogP contribution in [0.3, 0.4) is 0 Å². The Hall–Kier alpha value is -2.86. The van der Waals surface area contributed by atoms with Crippen LogP contribution >= 0.6 is 12.2 Å². The minimum Gasteiger partial charge on any atom is -0.466 e. The number of fused-ring (bicyclic) bond motifs is 4. The first-order valence-corrected chi connectivity index (χ1v) is 9.18. The van der Waals surface area contributed by atoms with Crippen LogP contribution in [0.25, 0.3) is 0 Å². The molecule has 27 heavy (non-hydrogen) atoms. The number of para-hydroxylation sites is 2. The Kier molecular flexibility index (Phi) is 4.36. The summed E-state index contributed by atoms with van der Waals surface area (Å²) in [4.78, 5) is 14.9. The average molecular weight is 380 g/mol. The van der Waals surface area contributed by atoms with Gasteiger partial charge in [-0.3, -0.25) is 9.69 Å². The summed E-state index contributed by atoms with van der Waals surface area (Å²) in [5, 5.41) is 3.85. The fourth-order valence-corrected chi connectivity index (χ4v) is 4.30. The molecule has 0 radical (unpaired) electrons. The number of hydrogen-bond acceptors (Lipinski definition) is 4. The van der Waals surface area contributed by atoms with Crippen molar-refractivity contribution in [2.45, 2.75) is 18.7 Å². The smallest absolute Gasteiger partial charge is 0.317 e. The topological polar surface area (TPSA) is 50.8 Å². The second-order valence-electron chi connectivity index (χ2n) is 6.69. The van der Waals surface area contributed by atoms with Crippen molar-refractivity contribution in [1.82, 2.24) is 5.32 Å². The predicted octanol–water partition coefficient (Wildman–Crippen LogP) is 3.58. The van der Waals surface area contributed by atoms with E-state index < -0.39 is 11.6 Å². The Bertz CT molecular complexity index is 901. The van der Waals surface area contributed by atoms with Gasteiger partial charge in [-0.15, -0.1) is 0 Å². The molecule has 2 aliphatic heterocycles. The lowest BCUT2D eigenvalue weighted by Gasteiger charge is -2.55. The Morgan fingerprint density at radius 1 is 1.30 bits per heavy atom. The molecule has 2 bridgehead atoms. The number of anilines is 1. The van der Waals surface area contributed by atoms with Crippen molar-refractivity contribution in [3.8, 4) is 5.75 Å². The molecular formula is C21H20N2O3S. The monoisotopic (exact) mass is 380 g/mol. The van der Waals surface area contributed by atoms with Gasteiger partial charge >= 0.3 is 5.97 Å². The van der Waals surface area contributed by atoms with E-state index in [9.17, 15) is 4.79 Å². The molecule has 2 aliphatic rings. The second-order valence-corrected chi connectivity index (χ2v) is 7.08. The van der Waals surface area contributed by atoms with Gasteiger partial charge in [-0.1, -0.05) is 49.1 Å². The van der Waals surface area contributed by atoms with E-state index in [1.807, 2.05) is 66.4 Å². The van der Waals surface area contributed by atoms with Gasteiger partial charge in [-0.25, -0.2) is 0 Å². The Balaban J connectivity index is 1.86. The molecular weight excluding hydrogens is 360 g/mol. The standard InChI is InChI=1S/C21H20N2O3S/c1-3-13-25-19(24)17-18-15-11-7-8-12-16(15)26-21(17,2)23(20(27)22-18)14-9-5-4-6-10-14/h3-12,17-18H,1,13H2,2H3,(H,22,27)/t17-,18+,21+/m0/s1. The number of esters is 1. The van der Waals surface area contributed by atoms with E-state index in [4.69, 9.17) is 21.7 Å². The zero-order valence-corrected chi connectivity index (χ0v) is 15.7. The van der Waals surface area contributed by atoms with Crippen LogP contribution in [0.1, 0.15) is 18.5 Å². The molecule has 1 fully saturated rings. The Labute approximate surface area is 163 Å². The predicted molar refractivity (Wildman–Crippen MR) is 108 cm³/mol. The fourth-order valence-electron chi connectivity index (χ4n) is 3.89. The summed E-state index contributed by atoms with van der Waals surface area (Å²) >= 11 is 5.66. The second kappa shape index (κ2) is 6.70. The zero-order valence-electron chi connectivity index (χ0n) is 14.9. The van der Waals surface area contributed by atoms with Gasteiger partial charge in [0.1, 0.15) is 18.3 Å². The molecule has 2 aromatic rings. The van der Waals surface area contributed by atoms with Crippen LogP contribution in [0.15, 0.2) is 67.3 Å². The molecule has 0 aliphatic carbocycles. The van der Waals surface area contributed by atoms with Gasteiger partial charge in [0.05, 0.1) is 6.04 Å². The molecule has 4 rings (SSSR count). The molecule has 2 aromatic carbocycles. The average Bonchev–Trinajstić information content (AvgIpc) is 2.66. The highest BCUT2D eigenvalue weighted by Crippen LogP contribution is 2.49. The first-order chi connectivity index (χ1) is 13.1. The quantitative estimate of drug-likeness (QED) is 0.497. The molecule has 0 aromatic heterocycles. The molecule has 1 N–H and O–H groups in total. The Morgan fingerprint density at radius 3 is 2.74 bits per heavy atom. The van der Waals surface area contributed by atoms with Gasteiger partial charge in [0, 0.05) is 11.3 Å². The summed E-state index contributed by atoms with van der Waals surface area (Å²) in [6, 6.07) is 17.0. The minimum absolute atomic E-state index is 0.148. The van der Waals surface area contributed by atoms with E-state index in [0.717, 1.165) is 17.0 Å². The maximum absolute atomic E-state index is 13.0. The van der Waals surface area contributed by atoms with Gasteiger partial charge < -0.3 is 14.8 Å². The summed E-state index contributed by atoms with van der Waals surface area (Å²) in [5.41, 5.74) is 0.712. The van der Waals surface area contributed by atoms with Crippen LogP contribution in [0.5, 0.6) is 5.75 Å². The zero-order chi connectivity index (χ0) is 19.0. The molecule has 0 amide bonds. The molecule has 1 saturated heterocycles. The van der Waals surface area contributed by atoms with E-state index in [0.29, 0.717) is 5.11 Å². The lowest BCUT2D eigenvalue weighted by Crippen LogP contribution is -2.71. The number of benzene rings is 2. The highest BCUT2D eigenvalue weighted by molar-refractivity contribution is 7.80. The highest BCUT2D eigenvalue weighted by atomic mass is 32.1. The first kappa shape index (κ1) is 17.5. The maximum Gasteiger partial charge on any atom is 0.317 e. The number of carbonyl (C=O) groups is 1. The number of nitrogens with one attached hydrogen (secondary N) is 1. The van der Waals surface area contributed by atoms with Crippen molar-refractivity contribution in [1.29, 1.82) is 0 Å². The van der Waals surface area contributed by atoms with Crippen LogP contribution in [-0.4, -0.2) is 23.4 Å². The number of carbonyl (C=O) groups excluding carboxylic acids is 1. The molecule has 138 valence electrons. The van der Waals surface area contributed by atoms with Crippen molar-refractivity contribution < 1.29 is 14.3 Å². The van der Waals surface area contributed by atoms with E-state index in [1.54, 1.807) is 6.08 Å². The number of hydrogen-bond donors (Lipinski definition) is 1. The van der Waals surface area contributed by atoms with Crippen LogP contribution in [-0.2, 0) is 9.53 Å². The third-order valence-corrected chi connectivity index (χ3v) is 5.32. The minimum atomic E-state index is -1.03. The van der Waals surface area contributed by atoms with E-state index in [-0.39, 0.29) is 18.6 Å². The summed E-state index contributed by atoms with van der Waals surface area (Å²) in [6.07, 6.45) is 1.56. The van der Waals surface area contributed by atoms with Crippen LogP contribution in [0.4, 0.5) is 5.69 Å². The molecule has 0 unspecified atom stereocenters. The number of ether oxygens (including phenoxy) is 2. The summed E-state index contributed by atoms with van der Waals surface area (Å²) in [5.74, 6) is -0.235. The van der Waals surface area contributed by atoms with Gasteiger partial charge in [0.15, 0.2) is 5.11 Å². The van der Waals surface area contributed by atoms with Crippen LogP contribution < -0.4 is 15.0 Å². The molecule has 3 atom stereocenters. The third kappa shape index (κ3) is 2.77. The van der Waals surface area contributed by atoms with Gasteiger partial charge in [-0.05, 0) is 37.3 Å². The number of nitrogens with zero attached hydrogens (tertiary/aromatic N) is 1. The largest absolute Gasteiger partial charge is 0.466 e. The van der Waals surface area contributed by atoms with Gasteiger partial charge in [0.2, 0.25) is 5.72 Å². The van der Waals surface area contributed by atoms with Crippen molar-refractivity contribution in [2.75, 3.05) is 11.5 Å². The first-order valence-electron chi connectivity index (χ1n) is 8.77. The van der Waals surface area contributed by atoms with E-state index >= 15 is 0 Å². The lowest BCUT2D eigenvalue weighted by molar-refractivity contribution is -0.159. The van der Waals surface area contributed by atoms with Gasteiger partial charge in [-0.2, -0.15) is 0 Å². The SMILES string of the molecule is C=CCOC(=O)[C@@H]1[C@@H]2NC(=S)N(c3ccccc3)[C@]1(C)Oc1ccccc12. The van der Waals surface area contributed by atoms with Crippen molar-refractivity contribution in [3.05, 3.63) is 72.8 Å².